The Morgan fingerprint density at radius 2 is 1.33 bits per heavy atom. The molecule has 0 aliphatic carbocycles. The third kappa shape index (κ3) is 13.9. The molecule has 0 saturated heterocycles. The molecule has 0 aromatic heterocycles. The zero-order valence-corrected chi connectivity index (χ0v) is 17.1. The van der Waals surface area contributed by atoms with E-state index in [1.54, 1.807) is 0 Å². The summed E-state index contributed by atoms with van der Waals surface area (Å²) in [7, 11) is 0. The fourth-order valence-electron chi connectivity index (χ4n) is 3.34. The fourth-order valence-corrected chi connectivity index (χ4v) is 3.34. The first-order valence-electron chi connectivity index (χ1n) is 10.8. The van der Waals surface area contributed by atoms with E-state index in [4.69, 9.17) is 4.74 Å². The maximum Gasteiger partial charge on any atom is 0.305 e. The molecule has 0 bridgehead atoms. The molecular weight excluding hydrogens is 296 g/mol. The van der Waals surface area contributed by atoms with Gasteiger partial charge in [-0.3, -0.25) is 4.79 Å². The predicted octanol–water partition coefficient (Wildman–Crippen LogP) is 7.30. The van der Waals surface area contributed by atoms with Crippen LogP contribution in [0.3, 0.4) is 0 Å². The molecule has 144 valence electrons. The van der Waals surface area contributed by atoms with Crippen molar-refractivity contribution in [1.82, 2.24) is 0 Å². The monoisotopic (exact) mass is 340 g/mol. The van der Waals surface area contributed by atoms with Crippen molar-refractivity contribution in [3.63, 3.8) is 0 Å². The van der Waals surface area contributed by atoms with Crippen LogP contribution in [-0.4, -0.2) is 12.6 Å². The maximum atomic E-state index is 11.9. The minimum Gasteiger partial charge on any atom is -0.465 e. The van der Waals surface area contributed by atoms with Gasteiger partial charge in [0.15, 0.2) is 0 Å². The average Bonchev–Trinajstić information content (AvgIpc) is 2.58. The highest BCUT2D eigenvalue weighted by atomic mass is 16.5. The van der Waals surface area contributed by atoms with E-state index >= 15 is 0 Å². The molecule has 2 atom stereocenters. The molecule has 0 fully saturated rings. The molecule has 0 saturated carbocycles. The van der Waals surface area contributed by atoms with Crippen molar-refractivity contribution in [2.24, 2.45) is 11.8 Å². The molecule has 0 amide bonds. The van der Waals surface area contributed by atoms with Gasteiger partial charge in [-0.2, -0.15) is 0 Å². The lowest BCUT2D eigenvalue weighted by atomic mass is 9.87. The van der Waals surface area contributed by atoms with E-state index in [1.807, 2.05) is 0 Å². The Labute approximate surface area is 152 Å². The van der Waals surface area contributed by atoms with Crippen LogP contribution in [0.15, 0.2) is 0 Å². The highest BCUT2D eigenvalue weighted by Gasteiger charge is 2.18. The van der Waals surface area contributed by atoms with Crippen molar-refractivity contribution in [1.29, 1.82) is 0 Å². The third-order valence-corrected chi connectivity index (χ3v) is 5.17. The fraction of sp³-hybridized carbons (Fsp3) is 0.955. The smallest absolute Gasteiger partial charge is 0.305 e. The summed E-state index contributed by atoms with van der Waals surface area (Å²) in [6.07, 6.45) is 16.9. The number of hydrogen-bond donors (Lipinski definition) is 0. The molecule has 0 radical (unpaired) electrons. The number of ether oxygens (including phenoxy) is 1. The van der Waals surface area contributed by atoms with E-state index in [2.05, 4.69) is 27.7 Å². The van der Waals surface area contributed by atoms with Crippen LogP contribution >= 0.6 is 0 Å². The molecular formula is C22H44O2. The van der Waals surface area contributed by atoms with Gasteiger partial charge in [0.2, 0.25) is 0 Å². The first kappa shape index (κ1) is 23.5. The topological polar surface area (TPSA) is 26.3 Å². The van der Waals surface area contributed by atoms with Crippen LogP contribution in [0.4, 0.5) is 0 Å². The largest absolute Gasteiger partial charge is 0.465 e. The molecule has 2 nitrogen and oxygen atoms in total. The zero-order valence-electron chi connectivity index (χ0n) is 17.1. The Morgan fingerprint density at radius 3 is 1.92 bits per heavy atom. The molecule has 2 unspecified atom stereocenters. The molecule has 2 heteroatoms. The summed E-state index contributed by atoms with van der Waals surface area (Å²) < 4.78 is 5.58. The van der Waals surface area contributed by atoms with E-state index in [1.165, 1.54) is 77.0 Å². The number of rotatable bonds is 17. The predicted molar refractivity (Wildman–Crippen MR) is 105 cm³/mol. The summed E-state index contributed by atoms with van der Waals surface area (Å²) in [4.78, 5) is 11.9. The Hall–Kier alpha value is -0.530. The standard InChI is InChI=1S/C22H44O2/c1-5-8-10-11-12-13-14-15-18-22(23)24-19-21(16-7-3)20(4)17-9-6-2/h20-21H,5-19H2,1-4H3. The van der Waals surface area contributed by atoms with Crippen molar-refractivity contribution in [2.75, 3.05) is 6.61 Å². The van der Waals surface area contributed by atoms with Crippen LogP contribution in [0, 0.1) is 11.8 Å². The van der Waals surface area contributed by atoms with Gasteiger partial charge in [0.05, 0.1) is 6.61 Å². The quantitative estimate of drug-likeness (QED) is 0.205. The highest BCUT2D eigenvalue weighted by Crippen LogP contribution is 2.23. The number of hydrogen-bond acceptors (Lipinski definition) is 2. The summed E-state index contributed by atoms with van der Waals surface area (Å²) in [5.74, 6) is 1.23. The lowest BCUT2D eigenvalue weighted by molar-refractivity contribution is -0.145. The van der Waals surface area contributed by atoms with Gasteiger partial charge in [-0.1, -0.05) is 98.3 Å². The van der Waals surface area contributed by atoms with E-state index in [-0.39, 0.29) is 5.97 Å². The Morgan fingerprint density at radius 1 is 0.750 bits per heavy atom. The maximum absolute atomic E-state index is 11.9. The minimum atomic E-state index is 0.0183. The molecule has 0 heterocycles. The summed E-state index contributed by atoms with van der Waals surface area (Å²) in [5.41, 5.74) is 0. The first-order chi connectivity index (χ1) is 11.7. The van der Waals surface area contributed by atoms with Gasteiger partial charge in [0.1, 0.15) is 0 Å². The second-order valence-electron chi connectivity index (χ2n) is 7.58. The van der Waals surface area contributed by atoms with Gasteiger partial charge in [0.25, 0.3) is 0 Å². The second kappa shape index (κ2) is 17.3. The van der Waals surface area contributed by atoms with Crippen molar-refractivity contribution in [3.8, 4) is 0 Å². The van der Waals surface area contributed by atoms with Gasteiger partial charge >= 0.3 is 5.97 Å². The SMILES string of the molecule is CCCCCCCCCCC(=O)OCC(CCC)C(C)CCCC. The molecule has 0 rings (SSSR count). The van der Waals surface area contributed by atoms with Gasteiger partial charge in [-0.15, -0.1) is 0 Å². The number of carbonyl (C=O) groups excluding carboxylic acids is 1. The molecule has 0 spiro atoms. The number of esters is 1. The molecule has 0 N–H and O–H groups in total. The average molecular weight is 341 g/mol. The van der Waals surface area contributed by atoms with E-state index in [9.17, 15) is 4.79 Å². The van der Waals surface area contributed by atoms with Crippen LogP contribution in [-0.2, 0) is 9.53 Å². The molecule has 24 heavy (non-hydrogen) atoms. The van der Waals surface area contributed by atoms with E-state index in [0.717, 1.165) is 6.42 Å². The van der Waals surface area contributed by atoms with Gasteiger partial charge in [-0.05, 0) is 24.7 Å². The Balaban J connectivity index is 3.72. The Bertz CT molecular complexity index is 275. The summed E-state index contributed by atoms with van der Waals surface area (Å²) in [6.45, 7) is 9.67. The van der Waals surface area contributed by atoms with Crippen LogP contribution in [0.1, 0.15) is 118 Å². The molecule has 0 aromatic carbocycles. The van der Waals surface area contributed by atoms with Crippen LogP contribution in [0.25, 0.3) is 0 Å². The zero-order chi connectivity index (χ0) is 18.0. The lowest BCUT2D eigenvalue weighted by Gasteiger charge is -2.23. The van der Waals surface area contributed by atoms with Crippen LogP contribution in [0.5, 0.6) is 0 Å². The van der Waals surface area contributed by atoms with Gasteiger partial charge in [-0.25, -0.2) is 0 Å². The second-order valence-corrected chi connectivity index (χ2v) is 7.58. The Kier molecular flexibility index (Phi) is 16.9. The van der Waals surface area contributed by atoms with E-state index < -0.39 is 0 Å². The van der Waals surface area contributed by atoms with Crippen molar-refractivity contribution in [2.45, 2.75) is 118 Å². The number of unbranched alkanes of at least 4 members (excludes halogenated alkanes) is 8. The van der Waals surface area contributed by atoms with Crippen molar-refractivity contribution < 1.29 is 9.53 Å². The summed E-state index contributed by atoms with van der Waals surface area (Å²) in [6, 6.07) is 0. The highest BCUT2D eigenvalue weighted by molar-refractivity contribution is 5.69. The molecule has 0 aliphatic heterocycles. The summed E-state index contributed by atoms with van der Waals surface area (Å²) >= 11 is 0. The molecule has 0 aromatic rings. The van der Waals surface area contributed by atoms with Crippen LogP contribution in [0.2, 0.25) is 0 Å². The lowest BCUT2D eigenvalue weighted by Crippen LogP contribution is -2.20. The minimum absolute atomic E-state index is 0.0183. The number of carbonyl (C=O) groups is 1. The normalized spacial score (nSPS) is 13.7. The van der Waals surface area contributed by atoms with Gasteiger partial charge < -0.3 is 4.74 Å². The van der Waals surface area contributed by atoms with E-state index in [0.29, 0.717) is 24.9 Å². The first-order valence-corrected chi connectivity index (χ1v) is 10.8. The van der Waals surface area contributed by atoms with Crippen molar-refractivity contribution >= 4 is 5.97 Å². The third-order valence-electron chi connectivity index (χ3n) is 5.17. The summed E-state index contributed by atoms with van der Waals surface area (Å²) in [5, 5.41) is 0. The molecule has 0 aliphatic rings. The van der Waals surface area contributed by atoms with Gasteiger partial charge in [0, 0.05) is 6.42 Å². The van der Waals surface area contributed by atoms with Crippen LogP contribution < -0.4 is 0 Å². The van der Waals surface area contributed by atoms with Crippen molar-refractivity contribution in [3.05, 3.63) is 0 Å².